The number of rotatable bonds is 6. The number of hydrogen-bond acceptors (Lipinski definition) is 3. The van der Waals surface area contributed by atoms with Gasteiger partial charge in [-0.15, -0.1) is 0 Å². The summed E-state index contributed by atoms with van der Waals surface area (Å²) in [4.78, 5) is 14.3. The summed E-state index contributed by atoms with van der Waals surface area (Å²) in [6.07, 6.45) is 3.29. The summed E-state index contributed by atoms with van der Waals surface area (Å²) in [7, 11) is 1.62. The van der Waals surface area contributed by atoms with Crippen molar-refractivity contribution >= 4 is 6.03 Å². The molecule has 5 nitrogen and oxygen atoms in total. The van der Waals surface area contributed by atoms with Crippen molar-refractivity contribution in [2.24, 2.45) is 5.41 Å². The lowest BCUT2D eigenvalue weighted by atomic mass is 9.87. The predicted molar refractivity (Wildman–Crippen MR) is 90.4 cm³/mol. The van der Waals surface area contributed by atoms with Gasteiger partial charge in [0.25, 0.3) is 0 Å². The number of carbonyl (C=O) groups excluding carboxylic acids is 1. The Hall–Kier alpha value is -1.75. The van der Waals surface area contributed by atoms with Crippen molar-refractivity contribution < 1.29 is 14.6 Å². The third-order valence-electron chi connectivity index (χ3n) is 4.77. The lowest BCUT2D eigenvalue weighted by Crippen LogP contribution is -2.48. The number of aliphatic hydroxyl groups is 1. The van der Waals surface area contributed by atoms with Gasteiger partial charge in [-0.2, -0.15) is 0 Å². The maximum absolute atomic E-state index is 12.6. The van der Waals surface area contributed by atoms with Crippen molar-refractivity contribution in [1.82, 2.24) is 10.2 Å². The number of amides is 2. The summed E-state index contributed by atoms with van der Waals surface area (Å²) in [5.41, 5.74) is 1.06. The van der Waals surface area contributed by atoms with Gasteiger partial charge < -0.3 is 20.1 Å². The highest BCUT2D eigenvalue weighted by molar-refractivity contribution is 5.74. The summed E-state index contributed by atoms with van der Waals surface area (Å²) in [6.45, 7) is 5.06. The maximum atomic E-state index is 12.6. The van der Waals surface area contributed by atoms with Crippen molar-refractivity contribution in [3.05, 3.63) is 29.8 Å². The lowest BCUT2D eigenvalue weighted by molar-refractivity contribution is 0.162. The molecule has 1 aromatic rings. The zero-order chi connectivity index (χ0) is 16.9. The molecular weight excluding hydrogens is 292 g/mol. The molecule has 1 aliphatic rings. The van der Waals surface area contributed by atoms with Crippen LogP contribution >= 0.6 is 0 Å². The molecule has 2 N–H and O–H groups in total. The maximum Gasteiger partial charge on any atom is 0.318 e. The van der Waals surface area contributed by atoms with E-state index in [1.165, 1.54) is 0 Å². The van der Waals surface area contributed by atoms with E-state index in [-0.39, 0.29) is 24.1 Å². The van der Waals surface area contributed by atoms with Gasteiger partial charge in [-0.25, -0.2) is 4.79 Å². The first kappa shape index (κ1) is 17.6. The second-order valence-corrected chi connectivity index (χ2v) is 6.84. The van der Waals surface area contributed by atoms with E-state index >= 15 is 0 Å². The Balaban J connectivity index is 2.06. The minimum atomic E-state index is -0.120. The monoisotopic (exact) mass is 320 g/mol. The first-order chi connectivity index (χ1) is 11.0. The number of hydrogen-bond donors (Lipinski definition) is 2. The van der Waals surface area contributed by atoms with Crippen LogP contribution in [0.4, 0.5) is 4.79 Å². The largest absolute Gasteiger partial charge is 0.496 e. The quantitative estimate of drug-likeness (QED) is 0.847. The van der Waals surface area contributed by atoms with Crippen molar-refractivity contribution in [2.45, 2.75) is 45.7 Å². The fraction of sp³-hybridized carbons (Fsp3) is 0.611. The Morgan fingerprint density at radius 2 is 2.17 bits per heavy atom. The highest BCUT2D eigenvalue weighted by Crippen LogP contribution is 2.37. The van der Waals surface area contributed by atoms with E-state index in [4.69, 9.17) is 4.74 Å². The Labute approximate surface area is 138 Å². The molecule has 0 aliphatic heterocycles. The van der Waals surface area contributed by atoms with Gasteiger partial charge in [-0.3, -0.25) is 0 Å². The predicted octanol–water partition coefficient (Wildman–Crippen LogP) is 2.78. The molecule has 0 spiro atoms. The van der Waals surface area contributed by atoms with Crippen LogP contribution in [0.5, 0.6) is 5.75 Å². The normalized spacial score (nSPS) is 19.4. The van der Waals surface area contributed by atoms with E-state index in [1.807, 2.05) is 24.3 Å². The lowest BCUT2D eigenvalue weighted by Gasteiger charge is -2.31. The van der Waals surface area contributed by atoms with Crippen LogP contribution in [0.3, 0.4) is 0 Å². The standard InChI is InChI=1S/C18H28N2O3/c1-18(2)10-6-9-16(18)19-17(22)20(11-12-21)13-14-7-4-5-8-15(14)23-3/h4-5,7-8,16,21H,6,9-13H2,1-3H3,(H,19,22). The molecular formula is C18H28N2O3. The molecule has 0 radical (unpaired) electrons. The number of nitrogens with one attached hydrogen (secondary N) is 1. The van der Waals surface area contributed by atoms with Crippen molar-refractivity contribution in [3.63, 3.8) is 0 Å². The summed E-state index contributed by atoms with van der Waals surface area (Å²) in [5.74, 6) is 0.754. The molecule has 0 heterocycles. The summed E-state index contributed by atoms with van der Waals surface area (Å²) in [6, 6.07) is 7.71. The molecule has 5 heteroatoms. The first-order valence-electron chi connectivity index (χ1n) is 8.26. The Morgan fingerprint density at radius 1 is 1.43 bits per heavy atom. The molecule has 1 atom stereocenters. The molecule has 0 saturated heterocycles. The fourth-order valence-electron chi connectivity index (χ4n) is 3.25. The van der Waals surface area contributed by atoms with Crippen molar-refractivity contribution in [3.8, 4) is 5.75 Å². The number of urea groups is 1. The van der Waals surface area contributed by atoms with E-state index in [9.17, 15) is 9.90 Å². The van der Waals surface area contributed by atoms with Gasteiger partial charge in [0.15, 0.2) is 0 Å². The highest BCUT2D eigenvalue weighted by Gasteiger charge is 2.36. The molecule has 1 aromatic carbocycles. The molecule has 2 rings (SSSR count). The van der Waals surface area contributed by atoms with Crippen LogP contribution in [0.2, 0.25) is 0 Å². The molecule has 2 amide bonds. The van der Waals surface area contributed by atoms with Gasteiger partial charge in [0, 0.05) is 18.2 Å². The van der Waals surface area contributed by atoms with E-state index in [2.05, 4.69) is 19.2 Å². The van der Waals surface area contributed by atoms with Gasteiger partial charge in [0.2, 0.25) is 0 Å². The van der Waals surface area contributed by atoms with Gasteiger partial charge in [-0.1, -0.05) is 38.5 Å². The smallest absolute Gasteiger partial charge is 0.318 e. The molecule has 128 valence electrons. The van der Waals surface area contributed by atoms with Gasteiger partial charge in [0.05, 0.1) is 20.3 Å². The minimum absolute atomic E-state index is 0.0589. The van der Waals surface area contributed by atoms with E-state index in [0.29, 0.717) is 13.1 Å². The zero-order valence-corrected chi connectivity index (χ0v) is 14.3. The van der Waals surface area contributed by atoms with Crippen molar-refractivity contribution in [2.75, 3.05) is 20.3 Å². The number of benzene rings is 1. The molecule has 0 bridgehead atoms. The van der Waals surface area contributed by atoms with Crippen LogP contribution in [-0.2, 0) is 6.54 Å². The molecule has 1 unspecified atom stereocenters. The Morgan fingerprint density at radius 3 is 2.78 bits per heavy atom. The van der Waals surface area contributed by atoms with Crippen LogP contribution in [0, 0.1) is 5.41 Å². The van der Waals surface area contributed by atoms with Gasteiger partial charge in [-0.05, 0) is 24.3 Å². The van der Waals surface area contributed by atoms with Crippen molar-refractivity contribution in [1.29, 1.82) is 0 Å². The number of para-hydroxylation sites is 1. The van der Waals surface area contributed by atoms with E-state index in [1.54, 1.807) is 12.0 Å². The minimum Gasteiger partial charge on any atom is -0.496 e. The highest BCUT2D eigenvalue weighted by atomic mass is 16.5. The number of aliphatic hydroxyl groups excluding tert-OH is 1. The van der Waals surface area contributed by atoms with E-state index in [0.717, 1.165) is 30.6 Å². The molecule has 0 aromatic heterocycles. The fourth-order valence-corrected chi connectivity index (χ4v) is 3.25. The number of carbonyl (C=O) groups is 1. The average Bonchev–Trinajstić information content (AvgIpc) is 2.86. The number of ether oxygens (including phenoxy) is 1. The van der Waals surface area contributed by atoms with Gasteiger partial charge >= 0.3 is 6.03 Å². The molecule has 1 saturated carbocycles. The third-order valence-corrected chi connectivity index (χ3v) is 4.77. The second kappa shape index (κ2) is 7.68. The number of methoxy groups -OCH3 is 1. The second-order valence-electron chi connectivity index (χ2n) is 6.84. The summed E-state index contributed by atoms with van der Waals surface area (Å²) < 4.78 is 5.35. The van der Waals surface area contributed by atoms with Crippen LogP contribution in [0.25, 0.3) is 0 Å². The van der Waals surface area contributed by atoms with Gasteiger partial charge in [0.1, 0.15) is 5.75 Å². The first-order valence-corrected chi connectivity index (χ1v) is 8.26. The summed E-state index contributed by atoms with van der Waals surface area (Å²) in [5, 5.41) is 12.4. The van der Waals surface area contributed by atoms with Crippen LogP contribution in [0.1, 0.15) is 38.7 Å². The summed E-state index contributed by atoms with van der Waals surface area (Å²) >= 11 is 0. The molecule has 23 heavy (non-hydrogen) atoms. The molecule has 1 fully saturated rings. The van der Waals surface area contributed by atoms with Crippen LogP contribution < -0.4 is 10.1 Å². The topological polar surface area (TPSA) is 61.8 Å². The molecule has 1 aliphatic carbocycles. The average molecular weight is 320 g/mol. The van der Waals surface area contributed by atoms with Crippen LogP contribution in [0.15, 0.2) is 24.3 Å². The van der Waals surface area contributed by atoms with E-state index < -0.39 is 0 Å². The van der Waals surface area contributed by atoms with Crippen LogP contribution in [-0.4, -0.2) is 42.3 Å². The Kier molecular flexibility index (Phi) is 5.88. The zero-order valence-electron chi connectivity index (χ0n) is 14.3. The number of nitrogens with zero attached hydrogens (tertiary/aromatic N) is 1. The third kappa shape index (κ3) is 4.38. The Bertz CT molecular complexity index is 531. The SMILES string of the molecule is COc1ccccc1CN(CCO)C(=O)NC1CCCC1(C)C.